The molecule has 2 heteroatoms. The zero-order valence-electron chi connectivity index (χ0n) is 8.29. The Balaban J connectivity index is 2.82. The smallest absolute Gasteiger partial charge is 0.149 e. The van der Waals surface area contributed by atoms with Crippen molar-refractivity contribution in [3.63, 3.8) is 0 Å². The molecule has 2 rings (SSSR count). The van der Waals surface area contributed by atoms with Crippen LogP contribution in [0.3, 0.4) is 0 Å². The van der Waals surface area contributed by atoms with Crippen LogP contribution in [0.4, 0.5) is 4.39 Å². The van der Waals surface area contributed by atoms with Gasteiger partial charge in [0.15, 0.2) is 0 Å². The first-order valence-corrected chi connectivity index (χ1v) is 4.73. The molecule has 0 spiro atoms. The fourth-order valence-electron chi connectivity index (χ4n) is 1.64. The minimum absolute atomic E-state index is 0.245. The first-order chi connectivity index (χ1) is 6.70. The zero-order chi connectivity index (χ0) is 10.1. The lowest BCUT2D eigenvalue weighted by atomic mass is 10.0. The van der Waals surface area contributed by atoms with Crippen LogP contribution in [-0.4, -0.2) is 4.98 Å². The van der Waals surface area contributed by atoms with Gasteiger partial charge in [0, 0.05) is 10.8 Å². The Morgan fingerprint density at radius 3 is 2.43 bits per heavy atom. The highest BCUT2D eigenvalue weighted by Crippen LogP contribution is 2.24. The van der Waals surface area contributed by atoms with Gasteiger partial charge in [-0.15, -0.1) is 0 Å². The molecule has 0 atom stereocenters. The largest absolute Gasteiger partial charge is 0.257 e. The maximum atomic E-state index is 13.4. The number of aromatic nitrogens is 1. The summed E-state index contributed by atoms with van der Waals surface area (Å²) >= 11 is 0. The molecule has 1 aromatic heterocycles. The van der Waals surface area contributed by atoms with Crippen LogP contribution in [-0.2, 0) is 0 Å². The molecule has 2 aromatic rings. The van der Waals surface area contributed by atoms with Crippen LogP contribution in [0.15, 0.2) is 30.5 Å². The molecule has 1 nitrogen and oxygen atoms in total. The Morgan fingerprint density at radius 2 is 1.79 bits per heavy atom. The van der Waals surface area contributed by atoms with Crippen LogP contribution in [0.5, 0.6) is 0 Å². The molecule has 0 bridgehead atoms. The molecule has 14 heavy (non-hydrogen) atoms. The molecule has 0 saturated heterocycles. The van der Waals surface area contributed by atoms with E-state index in [2.05, 4.69) is 18.8 Å². The third-order valence-electron chi connectivity index (χ3n) is 2.32. The van der Waals surface area contributed by atoms with E-state index in [1.165, 1.54) is 6.20 Å². The minimum Gasteiger partial charge on any atom is -0.257 e. The van der Waals surface area contributed by atoms with Gasteiger partial charge in [0.1, 0.15) is 5.82 Å². The maximum Gasteiger partial charge on any atom is 0.149 e. The van der Waals surface area contributed by atoms with Crippen LogP contribution in [0.1, 0.15) is 25.5 Å². The summed E-state index contributed by atoms with van der Waals surface area (Å²) in [6, 6.07) is 7.46. The van der Waals surface area contributed by atoms with E-state index in [-0.39, 0.29) is 5.82 Å². The van der Waals surface area contributed by atoms with E-state index in [9.17, 15) is 4.39 Å². The third-order valence-corrected chi connectivity index (χ3v) is 2.32. The summed E-state index contributed by atoms with van der Waals surface area (Å²) in [7, 11) is 0. The molecule has 0 aliphatic heterocycles. The molecule has 0 N–H and O–H groups in total. The van der Waals surface area contributed by atoms with Crippen LogP contribution in [0.25, 0.3) is 10.8 Å². The highest BCUT2D eigenvalue weighted by Gasteiger charge is 2.08. The number of hydrogen-bond donors (Lipinski definition) is 0. The first kappa shape index (κ1) is 9.13. The van der Waals surface area contributed by atoms with Gasteiger partial charge in [-0.2, -0.15) is 0 Å². The number of fused-ring (bicyclic) bond motifs is 1. The quantitative estimate of drug-likeness (QED) is 0.669. The van der Waals surface area contributed by atoms with E-state index < -0.39 is 0 Å². The summed E-state index contributed by atoms with van der Waals surface area (Å²) < 4.78 is 13.4. The third kappa shape index (κ3) is 1.37. The second kappa shape index (κ2) is 3.37. The molecule has 0 aliphatic rings. The molecular weight excluding hydrogens is 177 g/mol. The number of pyridine rings is 1. The molecule has 0 fully saturated rings. The van der Waals surface area contributed by atoms with Crippen molar-refractivity contribution in [2.45, 2.75) is 19.8 Å². The van der Waals surface area contributed by atoms with Gasteiger partial charge in [-0.3, -0.25) is 4.98 Å². The van der Waals surface area contributed by atoms with Crippen molar-refractivity contribution in [3.05, 3.63) is 42.0 Å². The Bertz CT molecular complexity index is 463. The van der Waals surface area contributed by atoms with Crippen molar-refractivity contribution < 1.29 is 4.39 Å². The van der Waals surface area contributed by atoms with Crippen molar-refractivity contribution in [2.75, 3.05) is 0 Å². The van der Waals surface area contributed by atoms with Crippen molar-refractivity contribution in [1.82, 2.24) is 4.98 Å². The van der Waals surface area contributed by atoms with Gasteiger partial charge in [0.25, 0.3) is 0 Å². The van der Waals surface area contributed by atoms with Crippen LogP contribution in [0.2, 0.25) is 0 Å². The number of nitrogens with zero attached hydrogens (tertiary/aromatic N) is 1. The van der Waals surface area contributed by atoms with Gasteiger partial charge < -0.3 is 0 Å². The lowest BCUT2D eigenvalue weighted by Gasteiger charge is -2.08. The fraction of sp³-hybridized carbons (Fsp3) is 0.250. The number of benzene rings is 1. The average molecular weight is 189 g/mol. The second-order valence-electron chi connectivity index (χ2n) is 3.69. The molecule has 0 aliphatic carbocycles. The van der Waals surface area contributed by atoms with E-state index in [0.29, 0.717) is 11.3 Å². The molecule has 72 valence electrons. The summed E-state index contributed by atoms with van der Waals surface area (Å²) in [6.45, 7) is 4.12. The van der Waals surface area contributed by atoms with E-state index in [0.717, 1.165) is 11.1 Å². The maximum absolute atomic E-state index is 13.4. The predicted molar refractivity (Wildman–Crippen MR) is 55.8 cm³/mol. The molecule has 1 aromatic carbocycles. The molecule has 1 heterocycles. The number of halogens is 1. The average Bonchev–Trinajstić information content (AvgIpc) is 2.18. The second-order valence-corrected chi connectivity index (χ2v) is 3.69. The van der Waals surface area contributed by atoms with E-state index in [4.69, 9.17) is 0 Å². The number of hydrogen-bond acceptors (Lipinski definition) is 1. The van der Waals surface area contributed by atoms with Crippen LogP contribution in [0, 0.1) is 5.82 Å². The van der Waals surface area contributed by atoms with Crippen molar-refractivity contribution in [2.24, 2.45) is 0 Å². The minimum atomic E-state index is -0.245. The first-order valence-electron chi connectivity index (χ1n) is 4.73. The van der Waals surface area contributed by atoms with Gasteiger partial charge in [0.2, 0.25) is 0 Å². The van der Waals surface area contributed by atoms with Crippen LogP contribution >= 0.6 is 0 Å². The summed E-state index contributed by atoms with van der Waals surface area (Å²) in [4.78, 5) is 4.13. The lowest BCUT2D eigenvalue weighted by molar-refractivity contribution is 0.631. The van der Waals surface area contributed by atoms with Crippen molar-refractivity contribution in [1.29, 1.82) is 0 Å². The highest BCUT2D eigenvalue weighted by molar-refractivity contribution is 5.85. The standard InChI is InChI=1S/C12H12FN/c1-8(2)12-10-6-4-3-5-9(10)11(13)7-14-12/h3-8H,1-2H3. The van der Waals surface area contributed by atoms with Crippen molar-refractivity contribution >= 4 is 10.8 Å². The molecular formula is C12H12FN. The summed E-state index contributed by atoms with van der Waals surface area (Å²) in [5.74, 6) is 0.0745. The Morgan fingerprint density at radius 1 is 1.14 bits per heavy atom. The Kier molecular flexibility index (Phi) is 2.20. The molecule has 0 radical (unpaired) electrons. The normalized spacial score (nSPS) is 11.1. The Hall–Kier alpha value is -1.44. The van der Waals surface area contributed by atoms with Crippen LogP contribution < -0.4 is 0 Å². The highest BCUT2D eigenvalue weighted by atomic mass is 19.1. The number of rotatable bonds is 1. The van der Waals surface area contributed by atoms with Gasteiger partial charge >= 0.3 is 0 Å². The van der Waals surface area contributed by atoms with Gasteiger partial charge in [-0.05, 0) is 5.92 Å². The molecule has 0 unspecified atom stereocenters. The topological polar surface area (TPSA) is 12.9 Å². The van der Waals surface area contributed by atoms with Gasteiger partial charge in [-0.25, -0.2) is 4.39 Å². The molecule has 0 saturated carbocycles. The van der Waals surface area contributed by atoms with Crippen molar-refractivity contribution in [3.8, 4) is 0 Å². The monoisotopic (exact) mass is 189 g/mol. The van der Waals surface area contributed by atoms with E-state index in [1.807, 2.05) is 18.2 Å². The summed E-state index contributed by atoms with van der Waals surface area (Å²) in [5, 5.41) is 1.58. The van der Waals surface area contributed by atoms with Gasteiger partial charge in [-0.1, -0.05) is 38.1 Å². The van der Waals surface area contributed by atoms with E-state index in [1.54, 1.807) is 6.07 Å². The molecule has 0 amide bonds. The summed E-state index contributed by atoms with van der Waals surface area (Å²) in [6.07, 6.45) is 1.30. The SMILES string of the molecule is CC(C)c1ncc(F)c2ccccc12. The van der Waals surface area contributed by atoms with Gasteiger partial charge in [0.05, 0.1) is 11.9 Å². The summed E-state index contributed by atoms with van der Waals surface area (Å²) in [5.41, 5.74) is 0.960. The fourth-order valence-corrected chi connectivity index (χ4v) is 1.64. The zero-order valence-corrected chi connectivity index (χ0v) is 8.29. The lowest BCUT2D eigenvalue weighted by Crippen LogP contribution is -1.95. The van der Waals surface area contributed by atoms with E-state index >= 15 is 0 Å². The predicted octanol–water partition coefficient (Wildman–Crippen LogP) is 3.50. The Labute approximate surface area is 82.6 Å².